The molecule has 0 saturated carbocycles. The summed E-state index contributed by atoms with van der Waals surface area (Å²) >= 11 is 1.70. The first-order valence-electron chi connectivity index (χ1n) is 6.84. The van der Waals surface area contributed by atoms with E-state index in [-0.39, 0.29) is 6.04 Å². The Balaban J connectivity index is 1.89. The fourth-order valence-corrected chi connectivity index (χ4v) is 2.90. The van der Waals surface area contributed by atoms with Crippen molar-refractivity contribution in [2.45, 2.75) is 38.3 Å². The maximum absolute atomic E-state index is 6.23. The van der Waals surface area contributed by atoms with Crippen LogP contribution in [0, 0.1) is 0 Å². The van der Waals surface area contributed by atoms with Crippen LogP contribution in [0.4, 0.5) is 0 Å². The smallest absolute Gasteiger partial charge is 0.0950 e. The Morgan fingerprint density at radius 3 is 2.84 bits per heavy atom. The molecule has 2 rings (SSSR count). The lowest BCUT2D eigenvalue weighted by Gasteiger charge is -2.19. The highest BCUT2D eigenvalue weighted by atomic mass is 32.1. The number of thiophene rings is 1. The first-order valence-corrected chi connectivity index (χ1v) is 7.78. The molecule has 104 valence electrons. The molecule has 0 amide bonds. The summed E-state index contributed by atoms with van der Waals surface area (Å²) in [6, 6.07) is 4.61. The molecule has 2 atom stereocenters. The average Bonchev–Trinajstić information content (AvgIpc) is 3.11. The summed E-state index contributed by atoms with van der Waals surface area (Å²) in [5.74, 6) is 0. The van der Waals surface area contributed by atoms with Gasteiger partial charge in [-0.2, -0.15) is 11.3 Å². The van der Waals surface area contributed by atoms with Crippen LogP contribution in [0.3, 0.4) is 0 Å². The van der Waals surface area contributed by atoms with E-state index >= 15 is 0 Å². The van der Waals surface area contributed by atoms with Gasteiger partial charge in [-0.15, -0.1) is 0 Å². The first-order chi connectivity index (χ1) is 9.31. The van der Waals surface area contributed by atoms with E-state index in [1.165, 1.54) is 11.1 Å². The van der Waals surface area contributed by atoms with Crippen molar-refractivity contribution in [2.24, 2.45) is 5.73 Å². The summed E-state index contributed by atoms with van der Waals surface area (Å²) in [7, 11) is 0. The molecule has 0 spiro atoms. The number of hydrogen-bond acceptors (Lipinski definition) is 4. The van der Waals surface area contributed by atoms with Crippen molar-refractivity contribution >= 4 is 11.3 Å². The Morgan fingerprint density at radius 1 is 1.32 bits per heavy atom. The van der Waals surface area contributed by atoms with Crippen molar-refractivity contribution in [1.29, 1.82) is 0 Å². The van der Waals surface area contributed by atoms with Crippen LogP contribution in [0.25, 0.3) is 0 Å². The minimum atomic E-state index is 0.129. The van der Waals surface area contributed by atoms with Gasteiger partial charge in [-0.1, -0.05) is 6.92 Å². The Hall–Kier alpha value is -1.10. The lowest BCUT2D eigenvalue weighted by molar-refractivity contribution is 0.454. The molecule has 2 unspecified atom stereocenters. The van der Waals surface area contributed by atoms with Crippen LogP contribution in [-0.4, -0.2) is 6.54 Å². The summed E-state index contributed by atoms with van der Waals surface area (Å²) < 4.78 is 5.18. The van der Waals surface area contributed by atoms with Gasteiger partial charge in [0.1, 0.15) is 0 Å². The molecule has 0 bridgehead atoms. The third-order valence-electron chi connectivity index (χ3n) is 3.32. The number of furan rings is 1. The van der Waals surface area contributed by atoms with Crippen molar-refractivity contribution in [3.05, 3.63) is 46.5 Å². The highest BCUT2D eigenvalue weighted by Gasteiger charge is 2.14. The van der Waals surface area contributed by atoms with Gasteiger partial charge >= 0.3 is 0 Å². The van der Waals surface area contributed by atoms with Crippen LogP contribution in [0.5, 0.6) is 0 Å². The molecule has 0 saturated heterocycles. The van der Waals surface area contributed by atoms with Gasteiger partial charge in [-0.25, -0.2) is 0 Å². The molecule has 0 aromatic carbocycles. The molecule has 3 N–H and O–H groups in total. The van der Waals surface area contributed by atoms with Crippen LogP contribution in [0.2, 0.25) is 0 Å². The van der Waals surface area contributed by atoms with Crippen LogP contribution in [0.15, 0.2) is 39.8 Å². The van der Waals surface area contributed by atoms with Gasteiger partial charge in [0.25, 0.3) is 0 Å². The van der Waals surface area contributed by atoms with E-state index in [2.05, 4.69) is 29.1 Å². The molecule has 0 aliphatic rings. The van der Waals surface area contributed by atoms with E-state index in [0.717, 1.165) is 25.8 Å². The van der Waals surface area contributed by atoms with Gasteiger partial charge < -0.3 is 15.5 Å². The Labute approximate surface area is 118 Å². The van der Waals surface area contributed by atoms with Gasteiger partial charge in [0.05, 0.1) is 12.5 Å². The van der Waals surface area contributed by atoms with Gasteiger partial charge in [-0.05, 0) is 54.3 Å². The molecular weight excluding hydrogens is 256 g/mol. The summed E-state index contributed by atoms with van der Waals surface area (Å²) in [5, 5.41) is 7.78. The summed E-state index contributed by atoms with van der Waals surface area (Å²) in [6.07, 6.45) is 6.68. The van der Waals surface area contributed by atoms with Crippen molar-refractivity contribution in [2.75, 3.05) is 6.54 Å². The van der Waals surface area contributed by atoms with E-state index in [4.69, 9.17) is 10.2 Å². The third kappa shape index (κ3) is 4.20. The van der Waals surface area contributed by atoms with Gasteiger partial charge in [0, 0.05) is 17.6 Å². The van der Waals surface area contributed by atoms with E-state index in [1.807, 2.05) is 12.3 Å². The van der Waals surface area contributed by atoms with Crippen LogP contribution in [-0.2, 0) is 0 Å². The second-order valence-electron chi connectivity index (χ2n) is 4.80. The molecule has 19 heavy (non-hydrogen) atoms. The predicted molar refractivity (Wildman–Crippen MR) is 80.2 cm³/mol. The van der Waals surface area contributed by atoms with Crippen molar-refractivity contribution < 1.29 is 4.42 Å². The van der Waals surface area contributed by atoms with Crippen LogP contribution < -0.4 is 11.1 Å². The van der Waals surface area contributed by atoms with Gasteiger partial charge in [0.2, 0.25) is 0 Å². The first kappa shape index (κ1) is 14.3. The SMILES string of the molecule is CCCNC(CCC(N)c1ccsc1)c1ccoc1. The zero-order chi connectivity index (χ0) is 13.5. The topological polar surface area (TPSA) is 51.2 Å². The minimum Gasteiger partial charge on any atom is -0.472 e. The second kappa shape index (κ2) is 7.48. The third-order valence-corrected chi connectivity index (χ3v) is 4.03. The molecule has 0 aliphatic heterocycles. The molecule has 4 heteroatoms. The fraction of sp³-hybridized carbons (Fsp3) is 0.467. The zero-order valence-electron chi connectivity index (χ0n) is 11.3. The molecule has 3 nitrogen and oxygen atoms in total. The van der Waals surface area contributed by atoms with Crippen molar-refractivity contribution in [3.8, 4) is 0 Å². The lowest BCUT2D eigenvalue weighted by Crippen LogP contribution is -2.23. The van der Waals surface area contributed by atoms with Crippen LogP contribution in [0.1, 0.15) is 49.4 Å². The molecule has 0 fully saturated rings. The lowest BCUT2D eigenvalue weighted by atomic mass is 9.99. The minimum absolute atomic E-state index is 0.129. The molecule has 2 heterocycles. The number of hydrogen-bond donors (Lipinski definition) is 2. The van der Waals surface area contributed by atoms with E-state index in [1.54, 1.807) is 17.6 Å². The average molecular weight is 278 g/mol. The maximum Gasteiger partial charge on any atom is 0.0950 e. The Morgan fingerprint density at radius 2 is 2.21 bits per heavy atom. The number of nitrogens with one attached hydrogen (secondary N) is 1. The summed E-state index contributed by atoms with van der Waals surface area (Å²) in [4.78, 5) is 0. The normalized spacial score (nSPS) is 14.4. The number of rotatable bonds is 8. The van der Waals surface area contributed by atoms with Crippen LogP contribution >= 0.6 is 11.3 Å². The largest absolute Gasteiger partial charge is 0.472 e. The predicted octanol–water partition coefficient (Wildman–Crippen LogP) is 3.86. The maximum atomic E-state index is 6.23. The van der Waals surface area contributed by atoms with E-state index in [0.29, 0.717) is 6.04 Å². The zero-order valence-corrected chi connectivity index (χ0v) is 12.2. The molecule has 2 aromatic rings. The standard InChI is InChI=1S/C15H22N2OS/c1-2-7-17-15(12-5-8-18-10-12)4-3-14(16)13-6-9-19-11-13/h5-6,8-11,14-15,17H,2-4,7,16H2,1H3. The van der Waals surface area contributed by atoms with E-state index in [9.17, 15) is 0 Å². The van der Waals surface area contributed by atoms with E-state index < -0.39 is 0 Å². The highest BCUT2D eigenvalue weighted by molar-refractivity contribution is 7.07. The molecule has 0 aliphatic carbocycles. The van der Waals surface area contributed by atoms with Gasteiger partial charge in [-0.3, -0.25) is 0 Å². The van der Waals surface area contributed by atoms with Crippen molar-refractivity contribution in [3.63, 3.8) is 0 Å². The quantitative estimate of drug-likeness (QED) is 0.771. The summed E-state index contributed by atoms with van der Waals surface area (Å²) in [5.41, 5.74) is 8.68. The molecule has 0 radical (unpaired) electrons. The molecule has 2 aromatic heterocycles. The Kier molecular flexibility index (Phi) is 5.63. The second-order valence-corrected chi connectivity index (χ2v) is 5.58. The van der Waals surface area contributed by atoms with Crippen molar-refractivity contribution in [1.82, 2.24) is 5.32 Å². The monoisotopic (exact) mass is 278 g/mol. The fourth-order valence-electron chi connectivity index (χ4n) is 2.18. The molecular formula is C15H22N2OS. The van der Waals surface area contributed by atoms with Gasteiger partial charge in [0.15, 0.2) is 0 Å². The highest BCUT2D eigenvalue weighted by Crippen LogP contribution is 2.25. The summed E-state index contributed by atoms with van der Waals surface area (Å²) in [6.45, 7) is 3.19. The number of nitrogens with two attached hydrogens (primary N) is 1. The Bertz CT molecular complexity index is 439.